The Bertz CT molecular complexity index is 3550. The van der Waals surface area contributed by atoms with E-state index in [0.717, 1.165) is 11.1 Å². The molecule has 0 spiro atoms. The highest BCUT2D eigenvalue weighted by Gasteiger charge is 2.14. The van der Waals surface area contributed by atoms with Crippen molar-refractivity contribution in [1.29, 1.82) is 0 Å². The quantitative estimate of drug-likeness (QED) is 0.00541. The molecule has 12 N–H and O–H groups in total. The SMILES string of the molecule is C=CCNC(C)NN.C=CCn1c(C)nnc(C)c1=O.C=CCn1c(C)nnc(COO)c1=O.C=CCn1c(C)nnc(NC)c1=O.CNc1nnc(C)n(CC(=O)O)c1=O.CNc1nnc(C)n(CC(O)CO)c1=O.CNc1nnc(C)n(CC=O)c1=O.[I-]. The summed E-state index contributed by atoms with van der Waals surface area (Å²) in [6.45, 7) is 28.7. The molecule has 6 rings (SSSR count). The largest absolute Gasteiger partial charge is 1.00 e. The Balaban J connectivity index is 0. The fraction of sp³-hybridized carbons (Fsp3) is 0.451. The van der Waals surface area contributed by atoms with Crippen LogP contribution in [0.15, 0.2) is 79.4 Å². The fourth-order valence-corrected chi connectivity index (χ4v) is 6.32. The van der Waals surface area contributed by atoms with Crippen molar-refractivity contribution in [2.45, 2.75) is 114 Å². The van der Waals surface area contributed by atoms with E-state index < -0.39 is 30.8 Å². The molecule has 0 aliphatic heterocycles. The van der Waals surface area contributed by atoms with Gasteiger partial charge in [-0.15, -0.1) is 87.5 Å². The van der Waals surface area contributed by atoms with Crippen molar-refractivity contribution in [3.05, 3.63) is 159 Å². The Kier molecular flexibility index (Phi) is 41.3. The molecule has 2 unspecified atom stereocenters. The number of aliphatic hydroxyl groups excluding tert-OH is 2. The molecule has 90 heavy (non-hydrogen) atoms. The summed E-state index contributed by atoms with van der Waals surface area (Å²) >= 11 is 0. The second-order valence-corrected chi connectivity index (χ2v) is 17.5. The molecule has 2 atom stereocenters. The van der Waals surface area contributed by atoms with Crippen LogP contribution in [0.1, 0.15) is 53.3 Å². The van der Waals surface area contributed by atoms with Gasteiger partial charge in [0.15, 0.2) is 5.69 Å². The first kappa shape index (κ1) is 82.7. The van der Waals surface area contributed by atoms with E-state index in [1.54, 1.807) is 87.0 Å². The van der Waals surface area contributed by atoms with Gasteiger partial charge >= 0.3 is 5.97 Å². The highest BCUT2D eigenvalue weighted by molar-refractivity contribution is 5.66. The molecule has 6 heterocycles. The van der Waals surface area contributed by atoms with Crippen LogP contribution in [0.4, 0.5) is 23.3 Å². The molecule has 0 radical (unpaired) electrons. The van der Waals surface area contributed by atoms with Gasteiger partial charge in [0.25, 0.3) is 33.4 Å². The highest BCUT2D eigenvalue weighted by atomic mass is 127. The van der Waals surface area contributed by atoms with Crippen LogP contribution in [0.25, 0.3) is 0 Å². The first-order valence-electron chi connectivity index (χ1n) is 26.4. The summed E-state index contributed by atoms with van der Waals surface area (Å²) in [5.74, 6) is 7.33. The molecule has 6 aromatic heterocycles. The van der Waals surface area contributed by atoms with Crippen LogP contribution >= 0.6 is 0 Å². The Morgan fingerprint density at radius 1 is 0.544 bits per heavy atom. The number of aldehydes is 1. The van der Waals surface area contributed by atoms with Gasteiger partial charge in [0, 0.05) is 54.4 Å². The molecular formula is C51H81IN25O13-. The summed E-state index contributed by atoms with van der Waals surface area (Å²) in [7, 11) is 6.30. The lowest BCUT2D eigenvalue weighted by molar-refractivity contribution is -0.254. The molecule has 0 saturated carbocycles. The number of aliphatic hydroxyl groups is 2. The Labute approximate surface area is 532 Å². The fourth-order valence-electron chi connectivity index (χ4n) is 6.32. The van der Waals surface area contributed by atoms with Crippen molar-refractivity contribution in [2.75, 3.05) is 62.6 Å². The number of carbonyl (C=O) groups excluding carboxylic acids is 1. The normalized spacial score (nSPS) is 10.5. The Morgan fingerprint density at radius 2 is 0.889 bits per heavy atom. The molecule has 0 saturated heterocycles. The van der Waals surface area contributed by atoms with Crippen LogP contribution < -0.4 is 95.2 Å². The van der Waals surface area contributed by atoms with E-state index in [1.165, 1.54) is 36.8 Å². The number of hydrazine groups is 1. The molecule has 0 amide bonds. The maximum Gasteiger partial charge on any atom is 0.323 e. The number of allylic oxidation sites excluding steroid dienone is 3. The molecule has 0 aromatic carbocycles. The van der Waals surface area contributed by atoms with Crippen molar-refractivity contribution in [2.24, 2.45) is 5.84 Å². The van der Waals surface area contributed by atoms with Gasteiger partial charge in [-0.3, -0.25) is 77.4 Å². The molecule has 0 aliphatic carbocycles. The number of hydrogen-bond acceptors (Lipinski definition) is 31. The van der Waals surface area contributed by atoms with E-state index in [9.17, 15) is 43.5 Å². The molecule has 6 aromatic rings. The third-order valence-corrected chi connectivity index (χ3v) is 11.1. The lowest BCUT2D eigenvalue weighted by Gasteiger charge is -2.12. The molecule has 0 aliphatic rings. The summed E-state index contributed by atoms with van der Waals surface area (Å²) in [5.41, 5.74) is 1.26. The summed E-state index contributed by atoms with van der Waals surface area (Å²) in [6.07, 6.45) is 6.51. The topological polar surface area (TPSA) is 509 Å². The van der Waals surface area contributed by atoms with Crippen molar-refractivity contribution >= 4 is 35.5 Å². The minimum atomic E-state index is -1.09. The maximum atomic E-state index is 11.7. The van der Waals surface area contributed by atoms with Crippen LogP contribution in [0.3, 0.4) is 0 Å². The smallest absolute Gasteiger partial charge is 0.323 e. The molecule has 0 bridgehead atoms. The van der Waals surface area contributed by atoms with Crippen LogP contribution in [0, 0.1) is 48.5 Å². The molecular weight excluding hydrogens is 1300 g/mol. The van der Waals surface area contributed by atoms with Gasteiger partial charge in [-0.2, -0.15) is 0 Å². The van der Waals surface area contributed by atoms with E-state index in [1.807, 2.05) is 6.92 Å². The monoisotopic (exact) mass is 1380 g/mol. The lowest BCUT2D eigenvalue weighted by atomic mass is 10.3. The van der Waals surface area contributed by atoms with Crippen LogP contribution in [0.2, 0.25) is 0 Å². The lowest BCUT2D eigenvalue weighted by Crippen LogP contribution is -3.00. The number of carboxylic acid groups (broad SMARTS) is 1. The number of nitrogens with one attached hydrogen (secondary N) is 6. The number of aromatic nitrogens is 18. The number of halogens is 1. The zero-order valence-electron chi connectivity index (χ0n) is 52.2. The van der Waals surface area contributed by atoms with E-state index in [4.69, 9.17) is 21.3 Å². The Morgan fingerprint density at radius 3 is 1.24 bits per heavy atom. The number of aliphatic carboxylic acids is 1. The second kappa shape index (κ2) is 45.0. The first-order valence-corrected chi connectivity index (χ1v) is 26.4. The van der Waals surface area contributed by atoms with Crippen molar-refractivity contribution < 1.29 is 59.0 Å². The predicted octanol–water partition coefficient (Wildman–Crippen LogP) is -6.08. The zero-order chi connectivity index (χ0) is 67.9. The summed E-state index contributed by atoms with van der Waals surface area (Å²) in [5, 5.41) is 92.5. The summed E-state index contributed by atoms with van der Waals surface area (Å²) in [4.78, 5) is 93.7. The number of anilines is 4. The van der Waals surface area contributed by atoms with Crippen molar-refractivity contribution in [3.63, 3.8) is 0 Å². The average Bonchev–Trinajstić information content (AvgIpc) is 1.36. The molecule has 38 nitrogen and oxygen atoms in total. The van der Waals surface area contributed by atoms with Crippen molar-refractivity contribution in [3.8, 4) is 0 Å². The van der Waals surface area contributed by atoms with Gasteiger partial charge < -0.3 is 65.4 Å². The predicted molar refractivity (Wildman–Crippen MR) is 329 cm³/mol. The van der Waals surface area contributed by atoms with Crippen LogP contribution in [0.5, 0.6) is 0 Å². The summed E-state index contributed by atoms with van der Waals surface area (Å²) < 4.78 is 8.00. The van der Waals surface area contributed by atoms with Gasteiger partial charge in [0.05, 0.1) is 32.0 Å². The van der Waals surface area contributed by atoms with E-state index in [-0.39, 0.29) is 112 Å². The minimum absolute atomic E-state index is 0. The van der Waals surface area contributed by atoms with Gasteiger partial charge in [0.2, 0.25) is 23.3 Å². The third kappa shape index (κ3) is 27.3. The number of aryl methyl sites for hydroxylation is 7. The average molecular weight is 1380 g/mol. The number of carbonyl (C=O) groups is 2. The van der Waals surface area contributed by atoms with Gasteiger partial charge in [0.1, 0.15) is 60.1 Å². The number of nitrogens with zero attached hydrogens (tertiary/aromatic N) is 18. The first-order chi connectivity index (χ1) is 42.2. The van der Waals surface area contributed by atoms with Gasteiger partial charge in [-0.05, 0) is 55.4 Å². The molecule has 496 valence electrons. The van der Waals surface area contributed by atoms with Crippen LogP contribution in [-0.2, 0) is 60.4 Å². The molecule has 39 heteroatoms. The number of hydrogen-bond donors (Lipinski definition) is 11. The minimum Gasteiger partial charge on any atom is -1.00 e. The van der Waals surface area contributed by atoms with E-state index in [0.29, 0.717) is 60.7 Å². The highest BCUT2D eigenvalue weighted by Crippen LogP contribution is 1.99. The second-order valence-electron chi connectivity index (χ2n) is 17.5. The number of nitrogens with two attached hydrogens (primary N) is 1. The Hall–Kier alpha value is -9.39. The number of rotatable bonds is 23. The maximum absolute atomic E-state index is 11.7. The summed E-state index contributed by atoms with van der Waals surface area (Å²) in [6, 6.07) is 0. The standard InChI is InChI=1S/C8H14N4O3.C8H12N4O.C8H11N3O3.C8H11N3O.C7H10N4O3.C7H10N4O2.C5H13N3.HI/c1-5-10-11-7(9-2)8(15)12(5)3-6(14)4-13;1-4-5-12-6(2)10-11-7(9-3)8(12)13;1-3-4-11-6(2)9-10-7(5-14-13)8(11)12;1-4-5-11-7(3)10-9-6(2)8(11)12;1-4-9-10-6(8-2)7(14)11(4)3-5(12)13;1-5-9-10-6(8-2)7(13)11(5)3-4-12;1-3-4-7-5(2)8-6;/h6,13-14H,3-4H2,1-2H3,(H,9,11);4H,1,5H2,2-3H3,(H,9,11);3,13H,1,4-5H2,2H3;4H,1,5H2,2-3H3;3H2,1-2H3,(H,8,10)(H,12,13);4H,3H2,1-2H3,(H,8,10);3,5,7-8H,1,4,6H2,2H3;1H/p-1. The van der Waals surface area contributed by atoms with E-state index in [2.05, 4.69) is 124 Å². The zero-order valence-corrected chi connectivity index (χ0v) is 54.4. The number of carboxylic acids is 1. The van der Waals surface area contributed by atoms with Gasteiger partial charge in [-0.1, -0.05) is 24.3 Å². The van der Waals surface area contributed by atoms with Crippen molar-refractivity contribution in [1.82, 2.24) is 99.3 Å². The van der Waals surface area contributed by atoms with Crippen LogP contribution in [-0.4, -0.2) is 175 Å². The van der Waals surface area contributed by atoms with E-state index >= 15 is 0 Å². The molecule has 0 fully saturated rings. The van der Waals surface area contributed by atoms with Gasteiger partial charge in [-0.25, -0.2) is 10.3 Å². The third-order valence-electron chi connectivity index (χ3n) is 11.1.